The van der Waals surface area contributed by atoms with Gasteiger partial charge in [-0.2, -0.15) is 0 Å². The highest BCUT2D eigenvalue weighted by atomic mass is 79.9. The first kappa shape index (κ1) is 11.1. The van der Waals surface area contributed by atoms with E-state index in [1.54, 1.807) is 0 Å². The lowest BCUT2D eigenvalue weighted by Gasteiger charge is -2.08. The molecule has 0 amide bonds. The Labute approximate surface area is 85.0 Å². The fourth-order valence-corrected chi connectivity index (χ4v) is 1.13. The Kier molecular flexibility index (Phi) is 3.20. The third-order valence-electron chi connectivity index (χ3n) is 1.24. The van der Waals surface area contributed by atoms with Gasteiger partial charge in [0.1, 0.15) is 0 Å². The Morgan fingerprint density at radius 2 is 2.07 bits per heavy atom. The number of aromatic amines is 1. The van der Waals surface area contributed by atoms with E-state index < -0.39 is 17.7 Å². The van der Waals surface area contributed by atoms with E-state index in [-0.39, 0.29) is 5.33 Å². The van der Waals surface area contributed by atoms with Gasteiger partial charge in [0.25, 0.3) is 0 Å². The highest BCUT2D eigenvalue weighted by Crippen LogP contribution is 2.19. The smallest absolute Gasteiger partial charge is 0.390 e. The molecule has 0 aliphatic carbocycles. The second-order valence-corrected chi connectivity index (χ2v) is 2.95. The van der Waals surface area contributed by atoms with Crippen molar-refractivity contribution in [2.45, 2.75) is 11.7 Å². The molecule has 0 radical (unpaired) electrons. The summed E-state index contributed by atoms with van der Waals surface area (Å²) in [6.07, 6.45) is -4.80. The Morgan fingerprint density at radius 3 is 2.57 bits per heavy atom. The molecule has 0 aliphatic rings. The number of halogens is 4. The molecule has 7 heteroatoms. The van der Waals surface area contributed by atoms with Crippen LogP contribution in [0.3, 0.4) is 0 Å². The topological polar surface area (TPSA) is 42.1 Å². The SMILES string of the molecule is O=c1cc(CBr)[nH]c(OC(F)(F)F)c1. The maximum Gasteiger partial charge on any atom is 0.574 e. The lowest BCUT2D eigenvalue weighted by molar-refractivity contribution is -0.276. The third kappa shape index (κ3) is 3.41. The van der Waals surface area contributed by atoms with Crippen LogP contribution in [-0.2, 0) is 5.33 Å². The van der Waals surface area contributed by atoms with Gasteiger partial charge in [-0.15, -0.1) is 13.2 Å². The van der Waals surface area contributed by atoms with Gasteiger partial charge in [0.15, 0.2) is 5.43 Å². The third-order valence-corrected chi connectivity index (χ3v) is 1.85. The zero-order valence-electron chi connectivity index (χ0n) is 6.69. The first-order valence-electron chi connectivity index (χ1n) is 3.45. The van der Waals surface area contributed by atoms with Crippen LogP contribution in [0.5, 0.6) is 5.88 Å². The Balaban J connectivity index is 2.98. The summed E-state index contributed by atoms with van der Waals surface area (Å²) in [5, 5.41) is 0.247. The van der Waals surface area contributed by atoms with Crippen molar-refractivity contribution in [1.29, 1.82) is 0 Å². The molecule has 1 aromatic rings. The zero-order chi connectivity index (χ0) is 10.8. The van der Waals surface area contributed by atoms with Gasteiger partial charge < -0.3 is 9.72 Å². The summed E-state index contributed by atoms with van der Waals surface area (Å²) < 4.78 is 38.8. The molecule has 0 fully saturated rings. The molecule has 0 aliphatic heterocycles. The van der Waals surface area contributed by atoms with Crippen molar-refractivity contribution in [1.82, 2.24) is 4.98 Å². The average Bonchev–Trinajstić information content (AvgIpc) is 1.99. The molecule has 1 rings (SSSR count). The minimum Gasteiger partial charge on any atom is -0.390 e. The van der Waals surface area contributed by atoms with E-state index in [0.29, 0.717) is 5.69 Å². The number of hydrogen-bond donors (Lipinski definition) is 1. The van der Waals surface area contributed by atoms with Gasteiger partial charge in [0.05, 0.1) is 0 Å². The van der Waals surface area contributed by atoms with Crippen molar-refractivity contribution in [2.75, 3.05) is 0 Å². The van der Waals surface area contributed by atoms with Crippen molar-refractivity contribution >= 4 is 15.9 Å². The van der Waals surface area contributed by atoms with Gasteiger partial charge in [0, 0.05) is 23.2 Å². The van der Waals surface area contributed by atoms with Crippen LogP contribution in [0.25, 0.3) is 0 Å². The lowest BCUT2D eigenvalue weighted by Crippen LogP contribution is -2.19. The number of ether oxygens (including phenoxy) is 1. The van der Waals surface area contributed by atoms with Crippen LogP contribution in [0.4, 0.5) is 13.2 Å². The minimum atomic E-state index is -4.80. The van der Waals surface area contributed by atoms with E-state index in [1.807, 2.05) is 0 Å². The van der Waals surface area contributed by atoms with Crippen molar-refractivity contribution in [3.8, 4) is 5.88 Å². The van der Waals surface area contributed by atoms with Crippen LogP contribution >= 0.6 is 15.9 Å². The zero-order valence-corrected chi connectivity index (χ0v) is 8.28. The summed E-state index contributed by atoms with van der Waals surface area (Å²) in [6, 6.07) is 1.91. The van der Waals surface area contributed by atoms with Crippen molar-refractivity contribution in [2.24, 2.45) is 0 Å². The Morgan fingerprint density at radius 1 is 1.43 bits per heavy atom. The Hall–Kier alpha value is -0.980. The fraction of sp³-hybridized carbons (Fsp3) is 0.286. The summed E-state index contributed by atoms with van der Waals surface area (Å²) in [4.78, 5) is 13.2. The second kappa shape index (κ2) is 4.04. The Bertz CT molecular complexity index is 374. The standard InChI is InChI=1S/C7H5BrF3NO2/c8-3-4-1-5(13)2-6(12-4)14-7(9,10)11/h1-2H,3H2,(H,12,13). The first-order valence-corrected chi connectivity index (χ1v) is 4.58. The fourth-order valence-electron chi connectivity index (χ4n) is 0.825. The van der Waals surface area contributed by atoms with Crippen molar-refractivity contribution in [3.05, 3.63) is 28.0 Å². The van der Waals surface area contributed by atoms with E-state index in [2.05, 4.69) is 25.7 Å². The molecule has 1 N–H and O–H groups in total. The van der Waals surface area contributed by atoms with Crippen LogP contribution in [0.1, 0.15) is 5.69 Å². The predicted octanol–water partition coefficient (Wildman–Crippen LogP) is 2.17. The van der Waals surface area contributed by atoms with E-state index in [0.717, 1.165) is 6.07 Å². The molecule has 0 bridgehead atoms. The summed E-state index contributed by atoms with van der Waals surface area (Å²) in [5.74, 6) is -0.612. The molecule has 0 atom stereocenters. The number of rotatable bonds is 2. The second-order valence-electron chi connectivity index (χ2n) is 2.39. The van der Waals surface area contributed by atoms with Gasteiger partial charge in [0.2, 0.25) is 5.88 Å². The summed E-state index contributed by atoms with van der Waals surface area (Å²) in [6.45, 7) is 0. The summed E-state index contributed by atoms with van der Waals surface area (Å²) in [5.41, 5.74) is -0.228. The molecule has 0 spiro atoms. The molecule has 0 unspecified atom stereocenters. The highest BCUT2D eigenvalue weighted by Gasteiger charge is 2.31. The normalized spacial score (nSPS) is 11.4. The number of H-pyrrole nitrogens is 1. The largest absolute Gasteiger partial charge is 0.574 e. The van der Waals surface area contributed by atoms with E-state index in [4.69, 9.17) is 0 Å². The quantitative estimate of drug-likeness (QED) is 0.838. The minimum absolute atomic E-state index is 0.247. The molecule has 1 aromatic heterocycles. The van der Waals surface area contributed by atoms with Crippen LogP contribution in [0.15, 0.2) is 16.9 Å². The first-order chi connectivity index (χ1) is 6.40. The number of aromatic nitrogens is 1. The van der Waals surface area contributed by atoms with Gasteiger partial charge >= 0.3 is 6.36 Å². The monoisotopic (exact) mass is 271 g/mol. The molecule has 3 nitrogen and oxygen atoms in total. The number of pyridine rings is 1. The maximum absolute atomic E-state index is 11.8. The van der Waals surface area contributed by atoms with E-state index >= 15 is 0 Å². The van der Waals surface area contributed by atoms with Crippen molar-refractivity contribution < 1.29 is 17.9 Å². The van der Waals surface area contributed by atoms with Crippen LogP contribution in [0, 0.1) is 0 Å². The van der Waals surface area contributed by atoms with Gasteiger partial charge in [-0.25, -0.2) is 0 Å². The number of alkyl halides is 4. The van der Waals surface area contributed by atoms with Crippen LogP contribution < -0.4 is 10.2 Å². The molecule has 0 aromatic carbocycles. The molecule has 14 heavy (non-hydrogen) atoms. The molecular formula is C7H5BrF3NO2. The van der Waals surface area contributed by atoms with Crippen LogP contribution in [0.2, 0.25) is 0 Å². The van der Waals surface area contributed by atoms with Gasteiger partial charge in [-0.3, -0.25) is 4.79 Å². The lowest BCUT2D eigenvalue weighted by atomic mass is 10.4. The van der Waals surface area contributed by atoms with E-state index in [9.17, 15) is 18.0 Å². The molecule has 1 heterocycles. The van der Waals surface area contributed by atoms with Crippen LogP contribution in [-0.4, -0.2) is 11.3 Å². The number of hydrogen-bond acceptors (Lipinski definition) is 2. The summed E-state index contributed by atoms with van der Waals surface area (Å²) in [7, 11) is 0. The van der Waals surface area contributed by atoms with Gasteiger partial charge in [-0.05, 0) is 0 Å². The molecule has 78 valence electrons. The summed E-state index contributed by atoms with van der Waals surface area (Å²) >= 11 is 3.00. The number of nitrogens with one attached hydrogen (secondary N) is 1. The average molecular weight is 272 g/mol. The maximum atomic E-state index is 11.8. The predicted molar refractivity (Wildman–Crippen MR) is 46.4 cm³/mol. The van der Waals surface area contributed by atoms with Crippen molar-refractivity contribution in [3.63, 3.8) is 0 Å². The van der Waals surface area contributed by atoms with Gasteiger partial charge in [-0.1, -0.05) is 15.9 Å². The molecular weight excluding hydrogens is 267 g/mol. The molecule has 0 saturated carbocycles. The molecule has 0 saturated heterocycles. The van der Waals surface area contributed by atoms with E-state index in [1.165, 1.54) is 6.07 Å². The highest BCUT2D eigenvalue weighted by molar-refractivity contribution is 9.08.